The second kappa shape index (κ2) is 10.9. The van der Waals surface area contributed by atoms with E-state index in [4.69, 9.17) is 9.72 Å². The number of thiophene rings is 1. The number of carbonyl (C=O) groups excluding carboxylic acids is 3. The van der Waals surface area contributed by atoms with Crippen LogP contribution in [0.4, 0.5) is 5.82 Å². The fraction of sp³-hybridized carbons (Fsp3) is 0.444. The van der Waals surface area contributed by atoms with Crippen molar-refractivity contribution in [1.29, 1.82) is 0 Å². The van der Waals surface area contributed by atoms with E-state index in [9.17, 15) is 14.4 Å². The molecule has 3 amide bonds. The van der Waals surface area contributed by atoms with Crippen molar-refractivity contribution in [2.75, 3.05) is 38.2 Å². The highest BCUT2D eigenvalue weighted by atomic mass is 32.1. The Hall–Kier alpha value is -3.61. The lowest BCUT2D eigenvalue weighted by atomic mass is 10.1. The zero-order valence-electron chi connectivity index (χ0n) is 21.7. The molecule has 204 valence electrons. The molecule has 6 rings (SSSR count). The molecule has 3 N–H and O–H groups in total. The van der Waals surface area contributed by atoms with E-state index >= 15 is 0 Å². The van der Waals surface area contributed by atoms with Crippen molar-refractivity contribution >= 4 is 46.6 Å². The summed E-state index contributed by atoms with van der Waals surface area (Å²) in [5, 5.41) is 13.5. The number of anilines is 1. The third kappa shape index (κ3) is 5.72. The van der Waals surface area contributed by atoms with Crippen LogP contribution in [0, 0.1) is 0 Å². The standard InChI is InChI=1S/C27H31N7O4S/c1-2-18(15-33-7-9-38-10-8-33)30-27(37)22-6-5-21(39-22)20-13-23(29-19-3-4-19)34-25(31-20)17(14-28-34)11-16-12-24(35)32-26(16)36/h5-6,11,13-14,18-19,29H,2-4,7-10,12,15H2,1H3,(H,30,37)(H,32,35,36)/b16-11+. The van der Waals surface area contributed by atoms with Crippen molar-refractivity contribution in [3.05, 3.63) is 40.4 Å². The SMILES string of the molecule is CCC(CN1CCOCC1)NC(=O)c1ccc(-c2cc(NC3CC3)n3ncc(/C=C4\CC(=O)NC4=O)c3n2)s1. The van der Waals surface area contributed by atoms with Crippen LogP contribution in [0.15, 0.2) is 30.0 Å². The molecular formula is C27H31N7O4S. The lowest BCUT2D eigenvalue weighted by molar-refractivity contribution is -0.124. The second-order valence-electron chi connectivity index (χ2n) is 10.2. The molecule has 39 heavy (non-hydrogen) atoms. The van der Waals surface area contributed by atoms with Gasteiger partial charge in [0.05, 0.1) is 41.3 Å². The first-order valence-corrected chi connectivity index (χ1v) is 14.2. The number of amides is 3. The number of ether oxygens (including phenoxy) is 1. The van der Waals surface area contributed by atoms with Crippen LogP contribution in [0.2, 0.25) is 0 Å². The zero-order chi connectivity index (χ0) is 26.9. The molecular weight excluding hydrogens is 518 g/mol. The van der Waals surface area contributed by atoms with Gasteiger partial charge in [-0.2, -0.15) is 9.61 Å². The summed E-state index contributed by atoms with van der Waals surface area (Å²) in [4.78, 5) is 45.6. The Morgan fingerprint density at radius 1 is 1.28 bits per heavy atom. The normalized spacial score (nSPS) is 20.0. The van der Waals surface area contributed by atoms with Gasteiger partial charge in [0, 0.05) is 48.9 Å². The smallest absolute Gasteiger partial charge is 0.261 e. The van der Waals surface area contributed by atoms with Crippen LogP contribution in [-0.2, 0) is 14.3 Å². The van der Waals surface area contributed by atoms with E-state index in [1.165, 1.54) is 11.3 Å². The van der Waals surface area contributed by atoms with Crippen molar-refractivity contribution in [2.24, 2.45) is 0 Å². The Morgan fingerprint density at radius 3 is 2.82 bits per heavy atom. The molecule has 5 heterocycles. The lowest BCUT2D eigenvalue weighted by Crippen LogP contribution is -2.46. The van der Waals surface area contributed by atoms with Crippen molar-refractivity contribution in [3.63, 3.8) is 0 Å². The molecule has 0 radical (unpaired) electrons. The van der Waals surface area contributed by atoms with Crippen LogP contribution < -0.4 is 16.0 Å². The zero-order valence-corrected chi connectivity index (χ0v) is 22.6. The molecule has 1 aliphatic carbocycles. The summed E-state index contributed by atoms with van der Waals surface area (Å²) >= 11 is 1.40. The third-order valence-corrected chi connectivity index (χ3v) is 8.25. The van der Waals surface area contributed by atoms with E-state index in [-0.39, 0.29) is 30.2 Å². The number of aromatic nitrogens is 3. The molecule has 3 aromatic heterocycles. The van der Waals surface area contributed by atoms with E-state index in [1.807, 2.05) is 18.2 Å². The maximum Gasteiger partial charge on any atom is 0.261 e. The molecule has 3 aliphatic rings. The lowest BCUT2D eigenvalue weighted by Gasteiger charge is -2.30. The molecule has 1 atom stereocenters. The van der Waals surface area contributed by atoms with E-state index in [1.54, 1.807) is 16.8 Å². The number of hydrogen-bond acceptors (Lipinski definition) is 9. The average molecular weight is 550 g/mol. The minimum atomic E-state index is -0.389. The predicted molar refractivity (Wildman–Crippen MR) is 147 cm³/mol. The fourth-order valence-electron chi connectivity index (χ4n) is 4.78. The minimum absolute atomic E-state index is 0.0384. The molecule has 2 saturated heterocycles. The van der Waals surface area contributed by atoms with E-state index < -0.39 is 0 Å². The summed E-state index contributed by atoms with van der Waals surface area (Å²) in [5.41, 5.74) is 2.32. The Labute approximate surface area is 229 Å². The van der Waals surface area contributed by atoms with Gasteiger partial charge in [0.15, 0.2) is 5.65 Å². The van der Waals surface area contributed by atoms with Gasteiger partial charge in [0.1, 0.15) is 5.82 Å². The molecule has 12 heteroatoms. The molecule has 1 unspecified atom stereocenters. The molecule has 3 fully saturated rings. The quantitative estimate of drug-likeness (QED) is 0.274. The van der Waals surface area contributed by atoms with E-state index in [0.717, 1.165) is 62.8 Å². The van der Waals surface area contributed by atoms with E-state index in [0.29, 0.717) is 33.4 Å². The number of morpholine rings is 1. The largest absolute Gasteiger partial charge is 0.379 e. The van der Waals surface area contributed by atoms with Gasteiger partial charge in [0.2, 0.25) is 5.91 Å². The molecule has 0 spiro atoms. The number of fused-ring (bicyclic) bond motifs is 1. The van der Waals surface area contributed by atoms with Crippen molar-refractivity contribution in [1.82, 2.24) is 30.1 Å². The van der Waals surface area contributed by atoms with Crippen LogP contribution in [0.25, 0.3) is 22.3 Å². The minimum Gasteiger partial charge on any atom is -0.379 e. The average Bonchev–Trinajstić information content (AvgIpc) is 3.30. The molecule has 2 aliphatic heterocycles. The van der Waals surface area contributed by atoms with Crippen molar-refractivity contribution in [2.45, 2.75) is 44.7 Å². The van der Waals surface area contributed by atoms with Crippen molar-refractivity contribution in [3.8, 4) is 10.6 Å². The summed E-state index contributed by atoms with van der Waals surface area (Å²) < 4.78 is 7.16. The number of carbonyl (C=O) groups is 3. The highest BCUT2D eigenvalue weighted by Crippen LogP contribution is 2.32. The van der Waals surface area contributed by atoms with E-state index in [2.05, 4.69) is 32.9 Å². The van der Waals surface area contributed by atoms with Gasteiger partial charge in [-0.05, 0) is 37.5 Å². The van der Waals surface area contributed by atoms with Gasteiger partial charge in [-0.3, -0.25) is 24.6 Å². The highest BCUT2D eigenvalue weighted by Gasteiger charge is 2.26. The number of imide groups is 1. The number of nitrogens with zero attached hydrogens (tertiary/aromatic N) is 4. The summed E-state index contributed by atoms with van der Waals surface area (Å²) in [6, 6.07) is 6.15. The second-order valence-corrected chi connectivity index (χ2v) is 11.2. The van der Waals surface area contributed by atoms with Crippen LogP contribution >= 0.6 is 11.3 Å². The van der Waals surface area contributed by atoms with Crippen LogP contribution in [0.1, 0.15) is 47.8 Å². The number of hydrogen-bond donors (Lipinski definition) is 3. The summed E-state index contributed by atoms with van der Waals surface area (Å²) in [7, 11) is 0. The topological polar surface area (TPSA) is 130 Å². The van der Waals surface area contributed by atoms with Gasteiger partial charge in [-0.25, -0.2) is 4.98 Å². The maximum absolute atomic E-state index is 13.1. The molecule has 11 nitrogen and oxygen atoms in total. The van der Waals surface area contributed by atoms with Crippen LogP contribution in [0.5, 0.6) is 0 Å². The Bertz CT molecular complexity index is 1450. The van der Waals surface area contributed by atoms with Gasteiger partial charge >= 0.3 is 0 Å². The van der Waals surface area contributed by atoms with Gasteiger partial charge in [0.25, 0.3) is 11.8 Å². The fourth-order valence-corrected chi connectivity index (χ4v) is 5.65. The maximum atomic E-state index is 13.1. The molecule has 3 aromatic rings. The first-order chi connectivity index (χ1) is 19.0. The van der Waals surface area contributed by atoms with Gasteiger partial charge in [-0.15, -0.1) is 11.3 Å². The first-order valence-electron chi connectivity index (χ1n) is 13.4. The monoisotopic (exact) mass is 549 g/mol. The van der Waals surface area contributed by atoms with Crippen molar-refractivity contribution < 1.29 is 19.1 Å². The van der Waals surface area contributed by atoms with Gasteiger partial charge < -0.3 is 15.4 Å². The highest BCUT2D eigenvalue weighted by molar-refractivity contribution is 7.17. The van der Waals surface area contributed by atoms with Crippen LogP contribution in [-0.4, -0.2) is 82.2 Å². The number of rotatable bonds is 9. The number of nitrogens with one attached hydrogen (secondary N) is 3. The molecule has 0 bridgehead atoms. The summed E-state index contributed by atoms with van der Waals surface area (Å²) in [5.74, 6) is 0.00683. The molecule has 0 aromatic carbocycles. The van der Waals surface area contributed by atoms with Gasteiger partial charge in [-0.1, -0.05) is 6.92 Å². The predicted octanol–water partition coefficient (Wildman–Crippen LogP) is 2.30. The first kappa shape index (κ1) is 25.7. The molecule has 1 saturated carbocycles. The Morgan fingerprint density at radius 2 is 2.10 bits per heavy atom. The Balaban J connectivity index is 1.26. The summed E-state index contributed by atoms with van der Waals surface area (Å²) in [6.07, 6.45) is 6.39. The third-order valence-electron chi connectivity index (χ3n) is 7.15. The van der Waals surface area contributed by atoms with Crippen LogP contribution in [0.3, 0.4) is 0 Å². The Kier molecular flexibility index (Phi) is 7.15. The summed E-state index contributed by atoms with van der Waals surface area (Å²) in [6.45, 7) is 6.12.